The Morgan fingerprint density at radius 3 is 2.32 bits per heavy atom. The van der Waals surface area contributed by atoms with Crippen LogP contribution in [-0.2, 0) is 0 Å². The van der Waals surface area contributed by atoms with Gasteiger partial charge in [-0.2, -0.15) is 5.26 Å². The highest BCUT2D eigenvalue weighted by atomic mass is 14.8. The third-order valence-corrected chi connectivity index (χ3v) is 4.36. The van der Waals surface area contributed by atoms with Crippen molar-refractivity contribution in [3.63, 3.8) is 0 Å². The molecule has 4 aromatic rings. The Kier molecular flexibility index (Phi) is 3.64. The third kappa shape index (κ3) is 2.50. The van der Waals surface area contributed by atoms with Crippen molar-refractivity contribution < 1.29 is 0 Å². The molecule has 0 radical (unpaired) electrons. The molecule has 118 valence electrons. The summed E-state index contributed by atoms with van der Waals surface area (Å²) in [5.41, 5.74) is 10.2. The Bertz CT molecular complexity index is 1100. The van der Waals surface area contributed by atoms with Crippen LogP contribution in [0.5, 0.6) is 0 Å². The minimum Gasteiger partial charge on any atom is -0.383 e. The lowest BCUT2D eigenvalue weighted by atomic mass is 9.89. The molecule has 0 bridgehead atoms. The summed E-state index contributed by atoms with van der Waals surface area (Å²) < 4.78 is 0. The standard InChI is InChI=1S/C22H15N3/c23-13-19-21(18-12-6-10-15-9-4-5-11-17(15)18)20(14-25-22(19)24)16-7-2-1-3-8-16/h1-12,14H,(H2,24,25). The van der Waals surface area contributed by atoms with Gasteiger partial charge in [0.2, 0.25) is 0 Å². The van der Waals surface area contributed by atoms with Crippen LogP contribution in [0.15, 0.2) is 79.0 Å². The number of nitrogen functional groups attached to an aromatic ring is 1. The molecule has 4 rings (SSSR count). The summed E-state index contributed by atoms with van der Waals surface area (Å²) in [6, 6.07) is 26.5. The van der Waals surface area contributed by atoms with Crippen molar-refractivity contribution in [2.24, 2.45) is 0 Å². The van der Waals surface area contributed by atoms with Crippen molar-refractivity contribution in [2.45, 2.75) is 0 Å². The fourth-order valence-electron chi connectivity index (χ4n) is 3.20. The van der Waals surface area contributed by atoms with Gasteiger partial charge in [0.25, 0.3) is 0 Å². The zero-order valence-electron chi connectivity index (χ0n) is 13.5. The summed E-state index contributed by atoms with van der Waals surface area (Å²) in [4.78, 5) is 4.25. The van der Waals surface area contributed by atoms with Gasteiger partial charge in [0.15, 0.2) is 0 Å². The van der Waals surface area contributed by atoms with Crippen LogP contribution in [0.1, 0.15) is 5.56 Å². The number of nitrogens with zero attached hydrogens (tertiary/aromatic N) is 2. The molecule has 3 nitrogen and oxygen atoms in total. The lowest BCUT2D eigenvalue weighted by molar-refractivity contribution is 1.31. The normalized spacial score (nSPS) is 10.5. The van der Waals surface area contributed by atoms with Gasteiger partial charge in [0.05, 0.1) is 0 Å². The second-order valence-electron chi connectivity index (χ2n) is 5.81. The second kappa shape index (κ2) is 6.10. The molecule has 0 amide bonds. The second-order valence-corrected chi connectivity index (χ2v) is 5.81. The number of hydrogen-bond acceptors (Lipinski definition) is 3. The van der Waals surface area contributed by atoms with E-state index < -0.39 is 0 Å². The highest BCUT2D eigenvalue weighted by molar-refractivity contribution is 6.02. The van der Waals surface area contributed by atoms with Crippen molar-refractivity contribution in [1.29, 1.82) is 5.26 Å². The van der Waals surface area contributed by atoms with E-state index >= 15 is 0 Å². The van der Waals surface area contributed by atoms with Crippen LogP contribution in [0.4, 0.5) is 5.82 Å². The van der Waals surface area contributed by atoms with E-state index in [2.05, 4.69) is 29.3 Å². The van der Waals surface area contributed by atoms with Gasteiger partial charge in [-0.3, -0.25) is 0 Å². The van der Waals surface area contributed by atoms with Crippen molar-refractivity contribution in [2.75, 3.05) is 5.73 Å². The molecular formula is C22H15N3. The van der Waals surface area contributed by atoms with Gasteiger partial charge < -0.3 is 5.73 Å². The van der Waals surface area contributed by atoms with Crippen LogP contribution in [0.3, 0.4) is 0 Å². The summed E-state index contributed by atoms with van der Waals surface area (Å²) in [6.07, 6.45) is 1.75. The minimum atomic E-state index is 0.255. The Morgan fingerprint density at radius 1 is 0.800 bits per heavy atom. The molecule has 0 saturated heterocycles. The Labute approximate surface area is 146 Å². The molecule has 0 aliphatic rings. The largest absolute Gasteiger partial charge is 0.383 e. The summed E-state index contributed by atoms with van der Waals surface area (Å²) in [5.74, 6) is 0.255. The quantitative estimate of drug-likeness (QED) is 0.563. The van der Waals surface area contributed by atoms with E-state index in [1.807, 2.05) is 54.6 Å². The van der Waals surface area contributed by atoms with E-state index in [4.69, 9.17) is 5.73 Å². The first kappa shape index (κ1) is 14.9. The molecular weight excluding hydrogens is 306 g/mol. The van der Waals surface area contributed by atoms with Crippen LogP contribution in [0, 0.1) is 11.3 Å². The van der Waals surface area contributed by atoms with Crippen LogP contribution in [-0.4, -0.2) is 4.98 Å². The average Bonchev–Trinajstić information content (AvgIpc) is 2.68. The van der Waals surface area contributed by atoms with Gasteiger partial charge in [-0.1, -0.05) is 72.8 Å². The molecule has 3 heteroatoms. The summed E-state index contributed by atoms with van der Waals surface area (Å²) in [7, 11) is 0. The van der Waals surface area contributed by atoms with Crippen LogP contribution in [0.25, 0.3) is 33.0 Å². The van der Waals surface area contributed by atoms with Gasteiger partial charge in [-0.25, -0.2) is 4.98 Å². The van der Waals surface area contributed by atoms with Crippen LogP contribution < -0.4 is 5.73 Å². The first-order valence-corrected chi connectivity index (χ1v) is 8.01. The molecule has 1 heterocycles. The molecule has 0 atom stereocenters. The maximum absolute atomic E-state index is 9.73. The number of aromatic nitrogens is 1. The van der Waals surface area contributed by atoms with E-state index in [0.717, 1.165) is 33.0 Å². The molecule has 3 aromatic carbocycles. The lowest BCUT2D eigenvalue weighted by Gasteiger charge is -2.15. The van der Waals surface area contributed by atoms with Gasteiger partial charge in [0.1, 0.15) is 17.5 Å². The smallest absolute Gasteiger partial charge is 0.141 e. The maximum Gasteiger partial charge on any atom is 0.141 e. The minimum absolute atomic E-state index is 0.255. The summed E-state index contributed by atoms with van der Waals surface area (Å²) in [6.45, 7) is 0. The first-order valence-electron chi connectivity index (χ1n) is 8.01. The molecule has 25 heavy (non-hydrogen) atoms. The number of nitrogens with two attached hydrogens (primary N) is 1. The molecule has 0 fully saturated rings. The third-order valence-electron chi connectivity index (χ3n) is 4.36. The van der Waals surface area contributed by atoms with Gasteiger partial charge in [0, 0.05) is 17.3 Å². The zero-order valence-corrected chi connectivity index (χ0v) is 13.5. The Balaban J connectivity index is 2.13. The van der Waals surface area contributed by atoms with Gasteiger partial charge in [-0.15, -0.1) is 0 Å². The predicted molar refractivity (Wildman–Crippen MR) is 102 cm³/mol. The number of benzene rings is 3. The molecule has 0 aliphatic carbocycles. The van der Waals surface area contributed by atoms with E-state index in [1.165, 1.54) is 0 Å². The average molecular weight is 321 g/mol. The van der Waals surface area contributed by atoms with Gasteiger partial charge in [-0.05, 0) is 21.9 Å². The van der Waals surface area contributed by atoms with E-state index in [9.17, 15) is 5.26 Å². The van der Waals surface area contributed by atoms with E-state index in [-0.39, 0.29) is 5.82 Å². The molecule has 0 aliphatic heterocycles. The van der Waals surface area contributed by atoms with Crippen molar-refractivity contribution in [1.82, 2.24) is 4.98 Å². The molecule has 0 saturated carbocycles. The fraction of sp³-hybridized carbons (Fsp3) is 0. The maximum atomic E-state index is 9.73. The monoisotopic (exact) mass is 321 g/mol. The SMILES string of the molecule is N#Cc1c(N)ncc(-c2ccccc2)c1-c1cccc2ccccc12. The van der Waals surface area contributed by atoms with Crippen molar-refractivity contribution in [3.8, 4) is 28.3 Å². The fourth-order valence-corrected chi connectivity index (χ4v) is 3.20. The predicted octanol–water partition coefficient (Wildman–Crippen LogP) is 5.02. The van der Waals surface area contributed by atoms with E-state index in [0.29, 0.717) is 5.56 Å². The number of nitriles is 1. The first-order chi connectivity index (χ1) is 12.3. The Morgan fingerprint density at radius 2 is 1.52 bits per heavy atom. The number of rotatable bonds is 2. The number of pyridine rings is 1. The summed E-state index contributed by atoms with van der Waals surface area (Å²) in [5, 5.41) is 11.9. The Hall–Kier alpha value is -3.64. The number of hydrogen-bond donors (Lipinski definition) is 1. The number of fused-ring (bicyclic) bond motifs is 1. The van der Waals surface area contributed by atoms with E-state index in [1.54, 1.807) is 6.20 Å². The molecule has 0 spiro atoms. The lowest BCUT2D eigenvalue weighted by Crippen LogP contribution is -2.00. The highest BCUT2D eigenvalue weighted by Crippen LogP contribution is 2.39. The highest BCUT2D eigenvalue weighted by Gasteiger charge is 2.18. The number of anilines is 1. The van der Waals surface area contributed by atoms with Crippen molar-refractivity contribution in [3.05, 3.63) is 84.6 Å². The molecule has 0 unspecified atom stereocenters. The van der Waals surface area contributed by atoms with Gasteiger partial charge >= 0.3 is 0 Å². The topological polar surface area (TPSA) is 62.7 Å². The van der Waals surface area contributed by atoms with Crippen LogP contribution >= 0.6 is 0 Å². The molecule has 2 N–H and O–H groups in total. The van der Waals surface area contributed by atoms with Crippen molar-refractivity contribution >= 4 is 16.6 Å². The summed E-state index contributed by atoms with van der Waals surface area (Å²) >= 11 is 0. The molecule has 1 aromatic heterocycles. The zero-order chi connectivity index (χ0) is 17.2. The van der Waals surface area contributed by atoms with Crippen LogP contribution in [0.2, 0.25) is 0 Å².